The third-order valence-electron chi connectivity index (χ3n) is 3.84. The van der Waals surface area contributed by atoms with Crippen LogP contribution >= 0.6 is 0 Å². The summed E-state index contributed by atoms with van der Waals surface area (Å²) in [6.45, 7) is 5.41. The molecule has 2 rings (SSSR count). The van der Waals surface area contributed by atoms with Crippen molar-refractivity contribution in [3.05, 3.63) is 29.8 Å². The molecule has 0 aliphatic carbocycles. The molecule has 1 fully saturated rings. The molecule has 1 heterocycles. The van der Waals surface area contributed by atoms with Crippen LogP contribution in [-0.4, -0.2) is 51.3 Å². The molecule has 2 N–H and O–H groups in total. The van der Waals surface area contributed by atoms with Crippen molar-refractivity contribution < 1.29 is 4.74 Å². The molecule has 0 saturated carbocycles. The molecule has 0 amide bonds. The van der Waals surface area contributed by atoms with Crippen LogP contribution in [0, 0.1) is 0 Å². The normalized spacial score (nSPS) is 22.2. The first kappa shape index (κ1) is 14.3. The van der Waals surface area contributed by atoms with E-state index in [2.05, 4.69) is 55.1 Å². The maximum Gasteiger partial charge on any atom is 0.0620 e. The number of hydrogen-bond donors (Lipinski definition) is 1. The summed E-state index contributed by atoms with van der Waals surface area (Å²) in [5.41, 5.74) is 8.51. The SMILES string of the molecule is CC1COCCN1C(CN)c1ccc(N(C)C)cc1. The lowest BCUT2D eigenvalue weighted by Crippen LogP contribution is -2.47. The Morgan fingerprint density at radius 2 is 2.05 bits per heavy atom. The van der Waals surface area contributed by atoms with Crippen LogP contribution in [0.2, 0.25) is 0 Å². The molecule has 1 aromatic carbocycles. The predicted molar refractivity (Wildman–Crippen MR) is 79.6 cm³/mol. The molecule has 4 heteroatoms. The second-order valence-electron chi connectivity index (χ2n) is 5.40. The Morgan fingerprint density at radius 1 is 1.37 bits per heavy atom. The van der Waals surface area contributed by atoms with Crippen LogP contribution in [-0.2, 0) is 4.74 Å². The van der Waals surface area contributed by atoms with Crippen LogP contribution < -0.4 is 10.6 Å². The minimum atomic E-state index is 0.287. The molecule has 19 heavy (non-hydrogen) atoms. The van der Waals surface area contributed by atoms with Crippen molar-refractivity contribution >= 4 is 5.69 Å². The van der Waals surface area contributed by atoms with Gasteiger partial charge in [-0.1, -0.05) is 12.1 Å². The van der Waals surface area contributed by atoms with Gasteiger partial charge in [0.2, 0.25) is 0 Å². The largest absolute Gasteiger partial charge is 0.379 e. The van der Waals surface area contributed by atoms with Gasteiger partial charge >= 0.3 is 0 Å². The van der Waals surface area contributed by atoms with E-state index in [1.165, 1.54) is 11.3 Å². The van der Waals surface area contributed by atoms with E-state index < -0.39 is 0 Å². The minimum absolute atomic E-state index is 0.287. The minimum Gasteiger partial charge on any atom is -0.379 e. The van der Waals surface area contributed by atoms with E-state index in [1.54, 1.807) is 0 Å². The van der Waals surface area contributed by atoms with Crippen LogP contribution in [0.1, 0.15) is 18.5 Å². The van der Waals surface area contributed by atoms with Gasteiger partial charge in [-0.25, -0.2) is 0 Å². The van der Waals surface area contributed by atoms with Gasteiger partial charge in [0, 0.05) is 45.0 Å². The molecule has 2 unspecified atom stereocenters. The molecule has 0 spiro atoms. The van der Waals surface area contributed by atoms with E-state index in [0.717, 1.165) is 19.8 Å². The monoisotopic (exact) mass is 263 g/mol. The van der Waals surface area contributed by atoms with Crippen LogP contribution in [0.15, 0.2) is 24.3 Å². The lowest BCUT2D eigenvalue weighted by Gasteiger charge is -2.39. The quantitative estimate of drug-likeness (QED) is 0.893. The summed E-state index contributed by atoms with van der Waals surface area (Å²) >= 11 is 0. The third kappa shape index (κ3) is 3.26. The standard InChI is InChI=1S/C15H25N3O/c1-12-11-19-9-8-18(12)15(10-16)13-4-6-14(7-5-13)17(2)3/h4-7,12,15H,8-11,16H2,1-3H3. The Hall–Kier alpha value is -1.10. The van der Waals surface area contributed by atoms with Gasteiger partial charge in [-0.05, 0) is 24.6 Å². The molecule has 0 bridgehead atoms. The Labute approximate surface area is 116 Å². The summed E-state index contributed by atoms with van der Waals surface area (Å²) < 4.78 is 5.50. The van der Waals surface area contributed by atoms with Crippen LogP contribution in [0.3, 0.4) is 0 Å². The molecule has 4 nitrogen and oxygen atoms in total. The molecule has 1 saturated heterocycles. The maximum absolute atomic E-state index is 6.00. The van der Waals surface area contributed by atoms with Crippen molar-refractivity contribution in [1.82, 2.24) is 4.90 Å². The number of anilines is 1. The average molecular weight is 263 g/mol. The first-order chi connectivity index (χ1) is 9.13. The highest BCUT2D eigenvalue weighted by atomic mass is 16.5. The molecule has 1 aromatic rings. The van der Waals surface area contributed by atoms with E-state index in [4.69, 9.17) is 10.5 Å². The molecule has 1 aliphatic rings. The third-order valence-corrected chi connectivity index (χ3v) is 3.84. The summed E-state index contributed by atoms with van der Waals surface area (Å²) in [4.78, 5) is 4.56. The van der Waals surface area contributed by atoms with E-state index in [0.29, 0.717) is 12.6 Å². The van der Waals surface area contributed by atoms with Gasteiger partial charge in [0.05, 0.1) is 13.2 Å². The number of ether oxygens (including phenoxy) is 1. The molecule has 0 radical (unpaired) electrons. The summed E-state index contributed by atoms with van der Waals surface area (Å²) in [5, 5.41) is 0. The Morgan fingerprint density at radius 3 is 2.58 bits per heavy atom. The second-order valence-corrected chi connectivity index (χ2v) is 5.40. The number of hydrogen-bond acceptors (Lipinski definition) is 4. The summed E-state index contributed by atoms with van der Waals surface area (Å²) in [6.07, 6.45) is 0. The summed E-state index contributed by atoms with van der Waals surface area (Å²) in [6, 6.07) is 9.40. The Bertz CT molecular complexity index is 391. The zero-order valence-electron chi connectivity index (χ0n) is 12.2. The molecular weight excluding hydrogens is 238 g/mol. The molecule has 106 valence electrons. The highest BCUT2D eigenvalue weighted by Crippen LogP contribution is 2.25. The Kier molecular flexibility index (Phi) is 4.80. The number of nitrogens with two attached hydrogens (primary N) is 1. The summed E-state index contributed by atoms with van der Waals surface area (Å²) in [5.74, 6) is 0. The molecule has 2 atom stereocenters. The highest BCUT2D eigenvalue weighted by Gasteiger charge is 2.26. The maximum atomic E-state index is 6.00. The van der Waals surface area contributed by atoms with Crippen LogP contribution in [0.4, 0.5) is 5.69 Å². The van der Waals surface area contributed by atoms with Crippen molar-refractivity contribution in [3.8, 4) is 0 Å². The number of benzene rings is 1. The van der Waals surface area contributed by atoms with E-state index in [1.807, 2.05) is 0 Å². The van der Waals surface area contributed by atoms with Crippen molar-refractivity contribution in [2.45, 2.75) is 19.0 Å². The highest BCUT2D eigenvalue weighted by molar-refractivity contribution is 5.46. The van der Waals surface area contributed by atoms with Gasteiger partial charge in [-0.3, -0.25) is 4.90 Å². The van der Waals surface area contributed by atoms with Gasteiger partial charge in [0.15, 0.2) is 0 Å². The average Bonchev–Trinajstić information content (AvgIpc) is 2.42. The van der Waals surface area contributed by atoms with Gasteiger partial charge in [0.25, 0.3) is 0 Å². The number of nitrogens with zero attached hydrogens (tertiary/aromatic N) is 2. The summed E-state index contributed by atoms with van der Waals surface area (Å²) in [7, 11) is 4.11. The molecule has 1 aliphatic heterocycles. The van der Waals surface area contributed by atoms with E-state index >= 15 is 0 Å². The van der Waals surface area contributed by atoms with Crippen LogP contribution in [0.5, 0.6) is 0 Å². The van der Waals surface area contributed by atoms with E-state index in [-0.39, 0.29) is 6.04 Å². The van der Waals surface area contributed by atoms with Crippen molar-refractivity contribution in [2.24, 2.45) is 5.73 Å². The zero-order valence-corrected chi connectivity index (χ0v) is 12.2. The fraction of sp³-hybridized carbons (Fsp3) is 0.600. The Balaban J connectivity index is 2.16. The number of rotatable bonds is 4. The number of morpholine rings is 1. The lowest BCUT2D eigenvalue weighted by atomic mass is 10.0. The fourth-order valence-electron chi connectivity index (χ4n) is 2.66. The fourth-order valence-corrected chi connectivity index (χ4v) is 2.66. The van der Waals surface area contributed by atoms with Gasteiger partial charge < -0.3 is 15.4 Å². The van der Waals surface area contributed by atoms with Crippen LogP contribution in [0.25, 0.3) is 0 Å². The van der Waals surface area contributed by atoms with Crippen molar-refractivity contribution in [2.75, 3.05) is 45.3 Å². The first-order valence-corrected chi connectivity index (χ1v) is 6.94. The predicted octanol–water partition coefficient (Wildman–Crippen LogP) is 1.47. The molecular formula is C15H25N3O. The van der Waals surface area contributed by atoms with Gasteiger partial charge in [-0.2, -0.15) is 0 Å². The zero-order chi connectivity index (χ0) is 13.8. The lowest BCUT2D eigenvalue weighted by molar-refractivity contribution is -0.0209. The second kappa shape index (κ2) is 6.37. The van der Waals surface area contributed by atoms with Crippen molar-refractivity contribution in [3.63, 3.8) is 0 Å². The topological polar surface area (TPSA) is 41.7 Å². The van der Waals surface area contributed by atoms with Gasteiger partial charge in [-0.15, -0.1) is 0 Å². The van der Waals surface area contributed by atoms with Gasteiger partial charge in [0.1, 0.15) is 0 Å². The van der Waals surface area contributed by atoms with E-state index in [9.17, 15) is 0 Å². The van der Waals surface area contributed by atoms with Crippen molar-refractivity contribution in [1.29, 1.82) is 0 Å². The molecule has 0 aromatic heterocycles. The smallest absolute Gasteiger partial charge is 0.0620 e. The first-order valence-electron chi connectivity index (χ1n) is 6.94.